The van der Waals surface area contributed by atoms with E-state index in [-0.39, 0.29) is 11.9 Å². The highest BCUT2D eigenvalue weighted by atomic mass is 32.2. The van der Waals surface area contributed by atoms with Crippen molar-refractivity contribution >= 4 is 17.7 Å². The summed E-state index contributed by atoms with van der Waals surface area (Å²) >= 11 is 1.97. The van der Waals surface area contributed by atoms with Gasteiger partial charge in [-0.2, -0.15) is 11.8 Å². The number of amides is 1. The minimum atomic E-state index is 0.0104. The molecule has 0 spiro atoms. The number of benzene rings is 1. The Kier molecular flexibility index (Phi) is 6.42. The SMILES string of the molecule is COc1cccc(CC(=O)NC[C@@H](c2ccco2)N2CCSCC2)c1. The van der Waals surface area contributed by atoms with Gasteiger partial charge in [0, 0.05) is 31.1 Å². The number of hydrogen-bond acceptors (Lipinski definition) is 5. The van der Waals surface area contributed by atoms with Gasteiger partial charge in [-0.15, -0.1) is 0 Å². The summed E-state index contributed by atoms with van der Waals surface area (Å²) in [5.74, 6) is 3.93. The number of nitrogens with zero attached hydrogens (tertiary/aromatic N) is 1. The highest BCUT2D eigenvalue weighted by molar-refractivity contribution is 7.99. The number of hydrogen-bond donors (Lipinski definition) is 1. The third kappa shape index (κ3) is 5.03. The summed E-state index contributed by atoms with van der Waals surface area (Å²) in [6, 6.07) is 11.6. The Bertz CT molecular complexity index is 669. The highest BCUT2D eigenvalue weighted by Crippen LogP contribution is 2.24. The number of thioether (sulfide) groups is 1. The Labute approximate surface area is 152 Å². The first-order valence-corrected chi connectivity index (χ1v) is 9.66. The molecule has 1 aromatic carbocycles. The molecule has 6 heteroatoms. The van der Waals surface area contributed by atoms with Gasteiger partial charge in [0.1, 0.15) is 11.5 Å². The first-order chi connectivity index (χ1) is 12.3. The summed E-state index contributed by atoms with van der Waals surface area (Å²) in [5.41, 5.74) is 0.945. The molecule has 1 amide bonds. The predicted octanol–water partition coefficient (Wildman–Crippen LogP) is 2.74. The summed E-state index contributed by atoms with van der Waals surface area (Å²) < 4.78 is 10.8. The van der Waals surface area contributed by atoms with Gasteiger partial charge < -0.3 is 14.5 Å². The number of methoxy groups -OCH3 is 1. The minimum absolute atomic E-state index is 0.0104. The molecule has 5 nitrogen and oxygen atoms in total. The predicted molar refractivity (Wildman–Crippen MR) is 100 cm³/mol. The van der Waals surface area contributed by atoms with Crippen LogP contribution in [0.15, 0.2) is 47.1 Å². The van der Waals surface area contributed by atoms with Crippen LogP contribution in [-0.2, 0) is 11.2 Å². The number of carbonyl (C=O) groups excluding carboxylic acids is 1. The van der Waals surface area contributed by atoms with Gasteiger partial charge in [-0.25, -0.2) is 0 Å². The molecular formula is C19H24N2O3S. The maximum atomic E-state index is 12.4. The summed E-state index contributed by atoms with van der Waals surface area (Å²) in [7, 11) is 1.63. The van der Waals surface area contributed by atoms with Crippen molar-refractivity contribution in [2.24, 2.45) is 0 Å². The molecule has 1 saturated heterocycles. The Hall–Kier alpha value is -1.92. The maximum absolute atomic E-state index is 12.4. The second-order valence-electron chi connectivity index (χ2n) is 6.01. The standard InChI is InChI=1S/C19H24N2O3S/c1-23-16-5-2-4-15(12-16)13-19(22)20-14-17(18-6-3-9-24-18)21-7-10-25-11-8-21/h2-6,9,12,17H,7-8,10-11,13-14H2,1H3,(H,20,22)/t17-/m0/s1. The zero-order chi connectivity index (χ0) is 17.5. The van der Waals surface area contributed by atoms with Crippen LogP contribution >= 0.6 is 11.8 Å². The van der Waals surface area contributed by atoms with E-state index in [1.807, 2.05) is 48.2 Å². The van der Waals surface area contributed by atoms with Gasteiger partial charge in [0.05, 0.1) is 25.8 Å². The van der Waals surface area contributed by atoms with Gasteiger partial charge >= 0.3 is 0 Å². The van der Waals surface area contributed by atoms with Gasteiger partial charge in [-0.1, -0.05) is 12.1 Å². The molecule has 1 fully saturated rings. The number of ether oxygens (including phenoxy) is 1. The van der Waals surface area contributed by atoms with Crippen LogP contribution in [0.1, 0.15) is 17.4 Å². The zero-order valence-electron chi connectivity index (χ0n) is 14.4. The number of nitrogens with one attached hydrogen (secondary N) is 1. The monoisotopic (exact) mass is 360 g/mol. The van der Waals surface area contributed by atoms with E-state index in [1.54, 1.807) is 13.4 Å². The van der Waals surface area contributed by atoms with E-state index in [9.17, 15) is 4.79 Å². The van der Waals surface area contributed by atoms with E-state index in [1.165, 1.54) is 0 Å². The molecule has 0 unspecified atom stereocenters. The molecule has 1 aliphatic heterocycles. The van der Waals surface area contributed by atoms with E-state index >= 15 is 0 Å². The summed E-state index contributed by atoms with van der Waals surface area (Å²) in [6.07, 6.45) is 2.04. The van der Waals surface area contributed by atoms with Crippen LogP contribution in [0.4, 0.5) is 0 Å². The van der Waals surface area contributed by atoms with Crippen molar-refractivity contribution in [3.05, 3.63) is 54.0 Å². The van der Waals surface area contributed by atoms with E-state index < -0.39 is 0 Å². The van der Waals surface area contributed by atoms with Crippen molar-refractivity contribution in [2.45, 2.75) is 12.5 Å². The summed E-state index contributed by atoms with van der Waals surface area (Å²) in [4.78, 5) is 14.8. The van der Waals surface area contributed by atoms with Crippen LogP contribution in [0.2, 0.25) is 0 Å². The molecule has 134 valence electrons. The van der Waals surface area contributed by atoms with E-state index in [4.69, 9.17) is 9.15 Å². The van der Waals surface area contributed by atoms with Gasteiger partial charge in [-0.05, 0) is 29.8 Å². The molecule has 1 aromatic heterocycles. The normalized spacial score (nSPS) is 16.4. The lowest BCUT2D eigenvalue weighted by Crippen LogP contribution is -2.42. The lowest BCUT2D eigenvalue weighted by Gasteiger charge is -2.33. The molecule has 0 saturated carbocycles. The van der Waals surface area contributed by atoms with Crippen LogP contribution in [0.5, 0.6) is 5.75 Å². The van der Waals surface area contributed by atoms with Gasteiger partial charge in [0.25, 0.3) is 0 Å². The molecule has 1 atom stereocenters. The van der Waals surface area contributed by atoms with Crippen LogP contribution in [-0.4, -0.2) is 49.1 Å². The summed E-state index contributed by atoms with van der Waals surface area (Å²) in [5, 5.41) is 3.07. The Morgan fingerprint density at radius 2 is 2.16 bits per heavy atom. The molecule has 0 bridgehead atoms. The van der Waals surface area contributed by atoms with E-state index in [0.717, 1.165) is 41.7 Å². The van der Waals surface area contributed by atoms with Crippen molar-refractivity contribution in [3.63, 3.8) is 0 Å². The van der Waals surface area contributed by atoms with Crippen molar-refractivity contribution in [3.8, 4) is 5.75 Å². The Balaban J connectivity index is 1.59. The molecule has 2 heterocycles. The smallest absolute Gasteiger partial charge is 0.224 e. The molecule has 25 heavy (non-hydrogen) atoms. The average Bonchev–Trinajstić information content (AvgIpc) is 3.17. The lowest BCUT2D eigenvalue weighted by atomic mass is 10.1. The van der Waals surface area contributed by atoms with Gasteiger partial charge in [-0.3, -0.25) is 9.69 Å². The molecular weight excluding hydrogens is 336 g/mol. The van der Waals surface area contributed by atoms with Crippen LogP contribution in [0.25, 0.3) is 0 Å². The lowest BCUT2D eigenvalue weighted by molar-refractivity contribution is -0.120. The van der Waals surface area contributed by atoms with Gasteiger partial charge in [0.2, 0.25) is 5.91 Å². The number of rotatable bonds is 7. The van der Waals surface area contributed by atoms with Crippen LogP contribution in [0, 0.1) is 0 Å². The van der Waals surface area contributed by atoms with Crippen LogP contribution < -0.4 is 10.1 Å². The maximum Gasteiger partial charge on any atom is 0.224 e. The second-order valence-corrected chi connectivity index (χ2v) is 7.24. The van der Waals surface area contributed by atoms with Crippen molar-refractivity contribution in [2.75, 3.05) is 38.2 Å². The first kappa shape index (κ1) is 17.9. The molecule has 0 radical (unpaired) electrons. The second kappa shape index (κ2) is 8.97. The fourth-order valence-corrected chi connectivity index (χ4v) is 3.95. The number of carbonyl (C=O) groups is 1. The number of furan rings is 1. The minimum Gasteiger partial charge on any atom is -0.497 e. The Morgan fingerprint density at radius 3 is 2.88 bits per heavy atom. The largest absolute Gasteiger partial charge is 0.497 e. The third-order valence-corrected chi connectivity index (χ3v) is 5.29. The molecule has 1 aliphatic rings. The molecule has 3 rings (SSSR count). The highest BCUT2D eigenvalue weighted by Gasteiger charge is 2.25. The van der Waals surface area contributed by atoms with Crippen molar-refractivity contribution in [1.29, 1.82) is 0 Å². The van der Waals surface area contributed by atoms with Crippen molar-refractivity contribution < 1.29 is 13.9 Å². The third-order valence-electron chi connectivity index (χ3n) is 4.35. The first-order valence-electron chi connectivity index (χ1n) is 8.51. The fourth-order valence-electron chi connectivity index (χ4n) is 3.02. The molecule has 0 aliphatic carbocycles. The Morgan fingerprint density at radius 1 is 1.32 bits per heavy atom. The van der Waals surface area contributed by atoms with Crippen molar-refractivity contribution in [1.82, 2.24) is 10.2 Å². The topological polar surface area (TPSA) is 54.7 Å². The molecule has 1 N–H and O–H groups in total. The zero-order valence-corrected chi connectivity index (χ0v) is 15.3. The van der Waals surface area contributed by atoms with E-state index in [2.05, 4.69) is 10.2 Å². The fraction of sp³-hybridized carbons (Fsp3) is 0.421. The van der Waals surface area contributed by atoms with Gasteiger partial charge in [0.15, 0.2) is 0 Å². The van der Waals surface area contributed by atoms with E-state index in [0.29, 0.717) is 13.0 Å². The summed E-state index contributed by atoms with van der Waals surface area (Å²) in [6.45, 7) is 2.59. The average molecular weight is 360 g/mol. The quantitative estimate of drug-likeness (QED) is 0.823. The van der Waals surface area contributed by atoms with Crippen LogP contribution in [0.3, 0.4) is 0 Å². The molecule has 2 aromatic rings.